The normalized spacial score (nSPS) is 10.6. The van der Waals surface area contributed by atoms with E-state index in [4.69, 9.17) is 15.2 Å². The molecular weight excluding hydrogens is 237 g/mol. The van der Waals surface area contributed by atoms with Gasteiger partial charge >= 0.3 is 0 Å². The molecule has 18 heavy (non-hydrogen) atoms. The van der Waals surface area contributed by atoms with Gasteiger partial charge in [0, 0.05) is 24.3 Å². The number of nitrogen functional groups attached to an aromatic ring is 1. The lowest BCUT2D eigenvalue weighted by Crippen LogP contribution is -1.99. The van der Waals surface area contributed by atoms with Gasteiger partial charge in [-0.3, -0.25) is 5.10 Å². The van der Waals surface area contributed by atoms with Gasteiger partial charge in [-0.15, -0.1) is 0 Å². The summed E-state index contributed by atoms with van der Waals surface area (Å²) >= 11 is 0. The van der Waals surface area contributed by atoms with Crippen LogP contribution in [0.2, 0.25) is 0 Å². The average molecular weight is 251 g/mol. The molecule has 1 aromatic carbocycles. The zero-order valence-corrected chi connectivity index (χ0v) is 10.2. The largest absolute Gasteiger partial charge is 0.496 e. The fraction of sp³-hybridized carbons (Fsp3) is 0.250. The van der Waals surface area contributed by atoms with Crippen molar-refractivity contribution >= 4 is 5.82 Å². The van der Waals surface area contributed by atoms with Crippen molar-refractivity contribution in [3.63, 3.8) is 0 Å². The first kappa shape index (κ1) is 12.4. The Morgan fingerprint density at radius 1 is 1.39 bits per heavy atom. The number of methoxy groups -OCH3 is 2. The molecule has 1 aromatic heterocycles. The molecule has 0 bridgehead atoms. The Hall–Kier alpha value is -2.08. The maximum absolute atomic E-state index is 13.5. The Morgan fingerprint density at radius 2 is 2.17 bits per heavy atom. The maximum Gasteiger partial charge on any atom is 0.130 e. The van der Waals surface area contributed by atoms with Gasteiger partial charge in [0.25, 0.3) is 0 Å². The maximum atomic E-state index is 13.5. The van der Waals surface area contributed by atoms with Gasteiger partial charge in [0.1, 0.15) is 17.4 Å². The third-order valence-electron chi connectivity index (χ3n) is 2.61. The number of nitrogens with two attached hydrogens (primary N) is 1. The standard InChI is InChI=1S/C12H14FN3O2/c1-17-6-7-3-8(13)4-10(18-2)11(7)9-5-15-16-12(9)14/h3-5H,6H2,1-2H3,(H3,14,15,16). The number of halogens is 1. The second kappa shape index (κ2) is 5.05. The first-order valence-electron chi connectivity index (χ1n) is 5.32. The van der Waals surface area contributed by atoms with Gasteiger partial charge in [-0.05, 0) is 11.6 Å². The van der Waals surface area contributed by atoms with Crippen LogP contribution in [0.25, 0.3) is 11.1 Å². The highest BCUT2D eigenvalue weighted by molar-refractivity contribution is 5.80. The van der Waals surface area contributed by atoms with Crippen LogP contribution >= 0.6 is 0 Å². The number of benzene rings is 1. The number of hydrogen-bond acceptors (Lipinski definition) is 4. The number of aromatic amines is 1. The number of hydrogen-bond donors (Lipinski definition) is 2. The van der Waals surface area contributed by atoms with Crippen LogP contribution in [0.1, 0.15) is 5.56 Å². The van der Waals surface area contributed by atoms with E-state index in [2.05, 4.69) is 10.2 Å². The molecule has 0 aliphatic carbocycles. The van der Waals surface area contributed by atoms with Crippen LogP contribution in [0.5, 0.6) is 5.75 Å². The minimum Gasteiger partial charge on any atom is -0.496 e. The topological polar surface area (TPSA) is 73.2 Å². The first-order valence-corrected chi connectivity index (χ1v) is 5.32. The molecule has 6 heteroatoms. The predicted molar refractivity (Wildman–Crippen MR) is 65.7 cm³/mol. The summed E-state index contributed by atoms with van der Waals surface area (Å²) in [6.45, 7) is 0.258. The Morgan fingerprint density at radius 3 is 2.72 bits per heavy atom. The molecule has 2 aromatic rings. The van der Waals surface area contributed by atoms with Gasteiger partial charge in [0.15, 0.2) is 0 Å². The summed E-state index contributed by atoms with van der Waals surface area (Å²) < 4.78 is 23.7. The molecule has 0 fully saturated rings. The van der Waals surface area contributed by atoms with Crippen molar-refractivity contribution in [2.45, 2.75) is 6.61 Å². The van der Waals surface area contributed by atoms with E-state index in [9.17, 15) is 4.39 Å². The molecule has 2 rings (SSSR count). The van der Waals surface area contributed by atoms with Crippen molar-refractivity contribution in [3.05, 3.63) is 29.7 Å². The molecule has 1 heterocycles. The third-order valence-corrected chi connectivity index (χ3v) is 2.61. The molecule has 0 aliphatic rings. The summed E-state index contributed by atoms with van der Waals surface area (Å²) in [7, 11) is 3.02. The Labute approximate surface area is 104 Å². The fourth-order valence-electron chi connectivity index (χ4n) is 1.87. The number of rotatable bonds is 4. The van der Waals surface area contributed by atoms with E-state index in [1.807, 2.05) is 0 Å². The molecular formula is C12H14FN3O2. The van der Waals surface area contributed by atoms with Gasteiger partial charge in [-0.1, -0.05) is 0 Å². The zero-order valence-electron chi connectivity index (χ0n) is 10.2. The average Bonchev–Trinajstić information content (AvgIpc) is 2.75. The van der Waals surface area contributed by atoms with Crippen LogP contribution in [0.15, 0.2) is 18.3 Å². The summed E-state index contributed by atoms with van der Waals surface area (Å²) in [5.74, 6) is 0.414. The molecule has 0 saturated carbocycles. The highest BCUT2D eigenvalue weighted by Crippen LogP contribution is 2.36. The van der Waals surface area contributed by atoms with E-state index in [1.165, 1.54) is 19.2 Å². The van der Waals surface area contributed by atoms with Gasteiger partial charge in [0.2, 0.25) is 0 Å². The Kier molecular flexibility index (Phi) is 3.47. The highest BCUT2D eigenvalue weighted by atomic mass is 19.1. The van der Waals surface area contributed by atoms with E-state index in [1.54, 1.807) is 13.3 Å². The predicted octanol–water partition coefficient (Wildman–Crippen LogP) is 1.95. The first-order chi connectivity index (χ1) is 8.67. The summed E-state index contributed by atoms with van der Waals surface area (Å²) in [4.78, 5) is 0. The van der Waals surface area contributed by atoms with Crippen molar-refractivity contribution in [1.29, 1.82) is 0 Å². The van der Waals surface area contributed by atoms with E-state index in [0.29, 0.717) is 28.3 Å². The summed E-state index contributed by atoms with van der Waals surface area (Å²) in [5, 5.41) is 6.50. The Bertz CT molecular complexity index is 554. The van der Waals surface area contributed by atoms with Crippen molar-refractivity contribution < 1.29 is 13.9 Å². The van der Waals surface area contributed by atoms with Crippen LogP contribution in [0.4, 0.5) is 10.2 Å². The third kappa shape index (κ3) is 2.14. The van der Waals surface area contributed by atoms with Gasteiger partial charge in [-0.2, -0.15) is 5.10 Å². The van der Waals surface area contributed by atoms with Crippen molar-refractivity contribution in [2.75, 3.05) is 20.0 Å². The quantitative estimate of drug-likeness (QED) is 0.871. The van der Waals surface area contributed by atoms with Crippen molar-refractivity contribution in [1.82, 2.24) is 10.2 Å². The number of nitrogens with zero attached hydrogens (tertiary/aromatic N) is 1. The van der Waals surface area contributed by atoms with Gasteiger partial charge < -0.3 is 15.2 Å². The lowest BCUT2D eigenvalue weighted by molar-refractivity contribution is 0.184. The number of nitrogens with one attached hydrogen (secondary N) is 1. The Balaban J connectivity index is 2.66. The molecule has 0 unspecified atom stereocenters. The van der Waals surface area contributed by atoms with E-state index < -0.39 is 0 Å². The molecule has 3 N–H and O–H groups in total. The van der Waals surface area contributed by atoms with Crippen molar-refractivity contribution in [2.24, 2.45) is 0 Å². The molecule has 0 aliphatic heterocycles. The molecule has 0 radical (unpaired) electrons. The summed E-state index contributed by atoms with van der Waals surface area (Å²) in [6, 6.07) is 2.70. The van der Waals surface area contributed by atoms with Gasteiger partial charge in [0.05, 0.1) is 19.9 Å². The molecule has 0 saturated heterocycles. The smallest absolute Gasteiger partial charge is 0.130 e. The van der Waals surface area contributed by atoms with E-state index >= 15 is 0 Å². The van der Waals surface area contributed by atoms with Crippen LogP contribution in [0, 0.1) is 5.82 Å². The van der Waals surface area contributed by atoms with E-state index in [-0.39, 0.29) is 12.4 Å². The van der Waals surface area contributed by atoms with E-state index in [0.717, 1.165) is 0 Å². The number of aromatic nitrogens is 2. The highest BCUT2D eigenvalue weighted by Gasteiger charge is 2.17. The zero-order chi connectivity index (χ0) is 13.1. The molecule has 5 nitrogen and oxygen atoms in total. The second-order valence-electron chi connectivity index (χ2n) is 3.77. The summed E-state index contributed by atoms with van der Waals surface area (Å²) in [5.41, 5.74) is 7.80. The molecule has 0 spiro atoms. The van der Waals surface area contributed by atoms with Crippen LogP contribution in [-0.2, 0) is 11.3 Å². The van der Waals surface area contributed by atoms with Crippen LogP contribution < -0.4 is 10.5 Å². The minimum absolute atomic E-state index is 0.258. The molecule has 0 atom stereocenters. The molecule has 96 valence electrons. The number of H-pyrrole nitrogens is 1. The summed E-state index contributed by atoms with van der Waals surface area (Å²) in [6.07, 6.45) is 1.57. The lowest BCUT2D eigenvalue weighted by atomic mass is 10.0. The van der Waals surface area contributed by atoms with Crippen LogP contribution in [0.3, 0.4) is 0 Å². The molecule has 0 amide bonds. The lowest BCUT2D eigenvalue weighted by Gasteiger charge is -2.13. The number of anilines is 1. The van der Waals surface area contributed by atoms with Crippen molar-refractivity contribution in [3.8, 4) is 16.9 Å². The van der Waals surface area contributed by atoms with Gasteiger partial charge in [-0.25, -0.2) is 4.39 Å². The SMILES string of the molecule is COCc1cc(F)cc(OC)c1-c1cn[nH]c1N. The van der Waals surface area contributed by atoms with Crippen LogP contribution in [-0.4, -0.2) is 24.4 Å². The second-order valence-corrected chi connectivity index (χ2v) is 3.77. The number of ether oxygens (including phenoxy) is 2. The minimum atomic E-state index is -0.385. The fourth-order valence-corrected chi connectivity index (χ4v) is 1.87. The monoisotopic (exact) mass is 251 g/mol.